The molecule has 0 radical (unpaired) electrons. The molecule has 7 N–H and O–H groups in total. The maximum Gasteiger partial charge on any atom is 0.328 e. The summed E-state index contributed by atoms with van der Waals surface area (Å²) in [6.45, 7) is 2.17. The van der Waals surface area contributed by atoms with E-state index in [-0.39, 0.29) is 0 Å². The fourth-order valence-electron chi connectivity index (χ4n) is 2.28. The van der Waals surface area contributed by atoms with Gasteiger partial charge in [-0.3, -0.25) is 14.4 Å². The first-order chi connectivity index (χ1) is 13.1. The van der Waals surface area contributed by atoms with E-state index >= 15 is 0 Å². The molecular weight excluding hydrogens is 368 g/mol. The van der Waals surface area contributed by atoms with E-state index in [4.69, 9.17) is 10.8 Å². The molecule has 0 saturated heterocycles. The zero-order valence-corrected chi connectivity index (χ0v) is 15.7. The number of hydrogen-bond acceptors (Lipinski definition) is 6. The molecule has 10 heteroatoms. The maximum atomic E-state index is 12.0. The molecular formula is C18H26N4O6. The number of carboxylic acids is 1. The quantitative estimate of drug-likeness (QED) is 0.270. The SMILES string of the molecule is CC(NC(=O)CNC(=O)C(N)Cc1ccccc1)C(=O)NC(C(=O)O)C(C)O. The predicted molar refractivity (Wildman–Crippen MR) is 100.0 cm³/mol. The van der Waals surface area contributed by atoms with E-state index in [0.717, 1.165) is 5.56 Å². The number of aliphatic carboxylic acids is 1. The number of nitrogens with two attached hydrogens (primary N) is 1. The van der Waals surface area contributed by atoms with Crippen LogP contribution in [0.3, 0.4) is 0 Å². The molecule has 4 atom stereocenters. The van der Waals surface area contributed by atoms with Crippen LogP contribution in [0.5, 0.6) is 0 Å². The highest BCUT2D eigenvalue weighted by Gasteiger charge is 2.27. The summed E-state index contributed by atoms with van der Waals surface area (Å²) in [4.78, 5) is 46.8. The molecule has 3 amide bonds. The molecule has 1 aromatic carbocycles. The zero-order chi connectivity index (χ0) is 21.3. The van der Waals surface area contributed by atoms with E-state index in [1.54, 1.807) is 0 Å². The van der Waals surface area contributed by atoms with Gasteiger partial charge in [-0.1, -0.05) is 30.3 Å². The van der Waals surface area contributed by atoms with Crippen LogP contribution in [0.2, 0.25) is 0 Å². The third-order valence-electron chi connectivity index (χ3n) is 3.88. The van der Waals surface area contributed by atoms with Crippen LogP contribution in [0, 0.1) is 0 Å². The number of amides is 3. The van der Waals surface area contributed by atoms with Gasteiger partial charge < -0.3 is 31.9 Å². The zero-order valence-electron chi connectivity index (χ0n) is 15.7. The van der Waals surface area contributed by atoms with Gasteiger partial charge in [-0.15, -0.1) is 0 Å². The fourth-order valence-corrected chi connectivity index (χ4v) is 2.28. The highest BCUT2D eigenvalue weighted by Crippen LogP contribution is 2.01. The molecule has 0 aliphatic heterocycles. The summed E-state index contributed by atoms with van der Waals surface area (Å²) < 4.78 is 0. The topological polar surface area (TPSA) is 171 Å². The fraction of sp³-hybridized carbons (Fsp3) is 0.444. The van der Waals surface area contributed by atoms with Crippen molar-refractivity contribution in [2.24, 2.45) is 5.73 Å². The summed E-state index contributed by atoms with van der Waals surface area (Å²) in [5.74, 6) is -3.35. The third kappa shape index (κ3) is 7.72. The molecule has 0 aromatic heterocycles. The number of aliphatic hydroxyl groups excluding tert-OH is 1. The van der Waals surface area contributed by atoms with Gasteiger partial charge in [0, 0.05) is 0 Å². The summed E-state index contributed by atoms with van der Waals surface area (Å²) >= 11 is 0. The molecule has 0 heterocycles. The van der Waals surface area contributed by atoms with Gasteiger partial charge >= 0.3 is 5.97 Å². The van der Waals surface area contributed by atoms with Crippen LogP contribution < -0.4 is 21.7 Å². The molecule has 0 aliphatic carbocycles. The molecule has 10 nitrogen and oxygen atoms in total. The van der Waals surface area contributed by atoms with E-state index in [0.29, 0.717) is 6.42 Å². The van der Waals surface area contributed by atoms with Gasteiger partial charge in [-0.25, -0.2) is 4.79 Å². The number of carbonyl (C=O) groups excluding carboxylic acids is 3. The van der Waals surface area contributed by atoms with Crippen molar-refractivity contribution >= 4 is 23.7 Å². The number of carbonyl (C=O) groups is 4. The average molecular weight is 394 g/mol. The summed E-state index contributed by atoms with van der Waals surface area (Å²) in [6.07, 6.45) is -1.00. The van der Waals surface area contributed by atoms with Crippen LogP contribution in [0.4, 0.5) is 0 Å². The lowest BCUT2D eigenvalue weighted by Gasteiger charge is -2.20. The summed E-state index contributed by atoms with van der Waals surface area (Å²) in [7, 11) is 0. The van der Waals surface area contributed by atoms with Gasteiger partial charge in [0.1, 0.15) is 6.04 Å². The van der Waals surface area contributed by atoms with E-state index < -0.39 is 54.5 Å². The smallest absolute Gasteiger partial charge is 0.328 e. The molecule has 0 bridgehead atoms. The van der Waals surface area contributed by atoms with E-state index in [9.17, 15) is 24.3 Å². The van der Waals surface area contributed by atoms with Gasteiger partial charge in [-0.2, -0.15) is 0 Å². The first kappa shape index (κ1) is 23.1. The van der Waals surface area contributed by atoms with Crippen molar-refractivity contribution in [3.8, 4) is 0 Å². The Kier molecular flexibility index (Phi) is 9.06. The second kappa shape index (κ2) is 11.0. The third-order valence-corrected chi connectivity index (χ3v) is 3.88. The first-order valence-corrected chi connectivity index (χ1v) is 8.69. The van der Waals surface area contributed by atoms with Gasteiger partial charge in [0.25, 0.3) is 0 Å². The second-order valence-electron chi connectivity index (χ2n) is 6.37. The molecule has 0 spiro atoms. The maximum absolute atomic E-state index is 12.0. The minimum Gasteiger partial charge on any atom is -0.480 e. The Hall–Kier alpha value is -2.98. The molecule has 1 aromatic rings. The molecule has 4 unspecified atom stereocenters. The average Bonchev–Trinajstić information content (AvgIpc) is 2.63. The molecule has 1 rings (SSSR count). The Labute approximate surface area is 162 Å². The monoisotopic (exact) mass is 394 g/mol. The molecule has 0 fully saturated rings. The molecule has 0 aliphatic rings. The number of carboxylic acid groups (broad SMARTS) is 1. The normalized spacial score (nSPS) is 14.9. The van der Waals surface area contributed by atoms with Crippen molar-refractivity contribution in [1.82, 2.24) is 16.0 Å². The van der Waals surface area contributed by atoms with Crippen LogP contribution in [-0.4, -0.2) is 64.7 Å². The van der Waals surface area contributed by atoms with Crippen LogP contribution in [0.1, 0.15) is 19.4 Å². The Balaban J connectivity index is 2.43. The number of hydrogen-bond donors (Lipinski definition) is 6. The van der Waals surface area contributed by atoms with Crippen molar-refractivity contribution in [1.29, 1.82) is 0 Å². The highest BCUT2D eigenvalue weighted by atomic mass is 16.4. The van der Waals surface area contributed by atoms with Crippen LogP contribution in [-0.2, 0) is 25.6 Å². The Morgan fingerprint density at radius 1 is 1.04 bits per heavy atom. The van der Waals surface area contributed by atoms with Crippen molar-refractivity contribution in [3.05, 3.63) is 35.9 Å². The van der Waals surface area contributed by atoms with Crippen molar-refractivity contribution < 1.29 is 29.4 Å². The standard InChI is InChI=1S/C18H26N4O6/c1-10(16(25)22-15(11(2)23)18(27)28)21-14(24)9-20-17(26)13(19)8-12-6-4-3-5-7-12/h3-7,10-11,13,15,23H,8-9,19H2,1-2H3,(H,20,26)(H,21,24)(H,22,25)(H,27,28). The van der Waals surface area contributed by atoms with E-state index in [2.05, 4.69) is 16.0 Å². The van der Waals surface area contributed by atoms with Gasteiger partial charge in [0.15, 0.2) is 6.04 Å². The largest absolute Gasteiger partial charge is 0.480 e. The van der Waals surface area contributed by atoms with Crippen LogP contribution in [0.15, 0.2) is 30.3 Å². The number of benzene rings is 1. The van der Waals surface area contributed by atoms with Crippen molar-refractivity contribution in [2.45, 2.75) is 44.5 Å². The number of rotatable bonds is 10. The Bertz CT molecular complexity index is 695. The first-order valence-electron chi connectivity index (χ1n) is 8.69. The summed E-state index contributed by atoms with van der Waals surface area (Å²) in [5, 5.41) is 25.1. The highest BCUT2D eigenvalue weighted by molar-refractivity contribution is 5.92. The van der Waals surface area contributed by atoms with Gasteiger partial charge in [0.2, 0.25) is 17.7 Å². The Morgan fingerprint density at radius 3 is 2.18 bits per heavy atom. The molecule has 154 valence electrons. The second-order valence-corrected chi connectivity index (χ2v) is 6.37. The predicted octanol–water partition coefficient (Wildman–Crippen LogP) is -1.87. The van der Waals surface area contributed by atoms with Gasteiger partial charge in [-0.05, 0) is 25.8 Å². The summed E-state index contributed by atoms with van der Waals surface area (Å²) in [6, 6.07) is 5.76. The van der Waals surface area contributed by atoms with E-state index in [1.807, 2.05) is 30.3 Å². The number of aliphatic hydroxyl groups is 1. The lowest BCUT2D eigenvalue weighted by Crippen LogP contribution is -2.55. The molecule has 0 saturated carbocycles. The van der Waals surface area contributed by atoms with Crippen molar-refractivity contribution in [2.75, 3.05) is 6.54 Å². The van der Waals surface area contributed by atoms with E-state index in [1.165, 1.54) is 13.8 Å². The molecule has 28 heavy (non-hydrogen) atoms. The lowest BCUT2D eigenvalue weighted by molar-refractivity contribution is -0.145. The summed E-state index contributed by atoms with van der Waals surface area (Å²) in [5.41, 5.74) is 6.69. The minimum absolute atomic E-state index is 0.309. The number of nitrogens with one attached hydrogen (secondary N) is 3. The van der Waals surface area contributed by atoms with Crippen LogP contribution >= 0.6 is 0 Å². The Morgan fingerprint density at radius 2 is 1.64 bits per heavy atom. The van der Waals surface area contributed by atoms with Gasteiger partial charge in [0.05, 0.1) is 18.7 Å². The lowest BCUT2D eigenvalue weighted by atomic mass is 10.1. The minimum atomic E-state index is -1.50. The van der Waals surface area contributed by atoms with Crippen LogP contribution in [0.25, 0.3) is 0 Å². The van der Waals surface area contributed by atoms with Crippen molar-refractivity contribution in [3.63, 3.8) is 0 Å².